The summed E-state index contributed by atoms with van der Waals surface area (Å²) in [4.78, 5) is 11.7. The molecule has 2 nitrogen and oxygen atoms in total. The number of Topliss-reactive ketones (excluding diaryl/α,β-unsaturated/α-hetero) is 1. The van der Waals surface area contributed by atoms with Crippen molar-refractivity contribution in [1.29, 1.82) is 0 Å². The Morgan fingerprint density at radius 1 is 1.24 bits per heavy atom. The molecule has 1 heterocycles. The van der Waals surface area contributed by atoms with E-state index in [1.807, 2.05) is 0 Å². The van der Waals surface area contributed by atoms with Crippen LogP contribution in [0.1, 0.15) is 16.1 Å². The SMILES string of the molecule is O=C(Cc1cc(Cl)ccc1F)c1ccc(Cl)o1. The molecule has 0 aliphatic carbocycles. The second-order valence-corrected chi connectivity index (χ2v) is 4.25. The Hall–Kier alpha value is -1.32. The summed E-state index contributed by atoms with van der Waals surface area (Å²) in [5.41, 5.74) is 0.232. The zero-order chi connectivity index (χ0) is 12.4. The van der Waals surface area contributed by atoms with E-state index in [1.165, 1.54) is 30.3 Å². The van der Waals surface area contributed by atoms with E-state index in [4.69, 9.17) is 27.6 Å². The molecule has 0 aliphatic rings. The number of rotatable bonds is 3. The molecule has 17 heavy (non-hydrogen) atoms. The maximum Gasteiger partial charge on any atom is 0.202 e. The fourth-order valence-electron chi connectivity index (χ4n) is 1.40. The summed E-state index contributed by atoms with van der Waals surface area (Å²) >= 11 is 11.3. The number of halogens is 3. The molecule has 0 saturated carbocycles. The topological polar surface area (TPSA) is 30.2 Å². The van der Waals surface area contributed by atoms with E-state index < -0.39 is 5.82 Å². The van der Waals surface area contributed by atoms with Gasteiger partial charge >= 0.3 is 0 Å². The zero-order valence-corrected chi connectivity index (χ0v) is 10.1. The molecule has 1 aromatic carbocycles. The Balaban J connectivity index is 2.21. The van der Waals surface area contributed by atoms with Crippen molar-refractivity contribution in [3.05, 3.63) is 57.7 Å². The molecule has 0 amide bonds. The predicted molar refractivity (Wildman–Crippen MR) is 63.2 cm³/mol. The van der Waals surface area contributed by atoms with Gasteiger partial charge in [-0.1, -0.05) is 11.6 Å². The van der Waals surface area contributed by atoms with Gasteiger partial charge in [-0.05, 0) is 47.5 Å². The second kappa shape index (κ2) is 4.90. The van der Waals surface area contributed by atoms with Gasteiger partial charge in [0, 0.05) is 11.4 Å². The normalized spacial score (nSPS) is 10.5. The maximum atomic E-state index is 13.4. The van der Waals surface area contributed by atoms with Crippen molar-refractivity contribution in [3.8, 4) is 0 Å². The van der Waals surface area contributed by atoms with Crippen molar-refractivity contribution < 1.29 is 13.6 Å². The molecule has 0 unspecified atom stereocenters. The number of hydrogen-bond acceptors (Lipinski definition) is 2. The Kier molecular flexibility index (Phi) is 3.50. The van der Waals surface area contributed by atoms with Gasteiger partial charge in [-0.15, -0.1) is 0 Å². The summed E-state index contributed by atoms with van der Waals surface area (Å²) in [5.74, 6) is -0.715. The van der Waals surface area contributed by atoms with Gasteiger partial charge in [0.25, 0.3) is 0 Å². The van der Waals surface area contributed by atoms with Crippen LogP contribution in [0.3, 0.4) is 0 Å². The smallest absolute Gasteiger partial charge is 0.202 e. The molecule has 0 N–H and O–H groups in total. The molecule has 0 saturated heterocycles. The average Bonchev–Trinajstić information content (AvgIpc) is 2.70. The summed E-state index contributed by atoms with van der Waals surface area (Å²) < 4.78 is 18.3. The molecule has 0 spiro atoms. The van der Waals surface area contributed by atoms with E-state index in [0.717, 1.165) is 0 Å². The van der Waals surface area contributed by atoms with Crippen molar-refractivity contribution in [1.82, 2.24) is 0 Å². The zero-order valence-electron chi connectivity index (χ0n) is 8.54. The van der Waals surface area contributed by atoms with E-state index in [-0.39, 0.29) is 28.7 Å². The summed E-state index contributed by atoms with van der Waals surface area (Å²) in [7, 11) is 0. The Labute approximate surface area is 107 Å². The monoisotopic (exact) mass is 272 g/mol. The van der Waals surface area contributed by atoms with Crippen molar-refractivity contribution in [3.63, 3.8) is 0 Å². The molecule has 0 bridgehead atoms. The predicted octanol–water partition coefficient (Wildman–Crippen LogP) is 4.15. The van der Waals surface area contributed by atoms with Crippen LogP contribution < -0.4 is 0 Å². The lowest BCUT2D eigenvalue weighted by Crippen LogP contribution is -2.04. The standard InChI is InChI=1S/C12H7Cl2FO2/c13-8-1-2-9(15)7(5-8)6-10(16)11-3-4-12(14)17-11/h1-5H,6H2. The number of furan rings is 1. The largest absolute Gasteiger partial charge is 0.442 e. The first kappa shape index (κ1) is 12.1. The average molecular weight is 273 g/mol. The highest BCUT2D eigenvalue weighted by molar-refractivity contribution is 6.30. The van der Waals surface area contributed by atoms with Crippen molar-refractivity contribution in [2.24, 2.45) is 0 Å². The molecular formula is C12H7Cl2FO2. The third kappa shape index (κ3) is 2.87. The number of hydrogen-bond donors (Lipinski definition) is 0. The summed E-state index contributed by atoms with van der Waals surface area (Å²) in [6, 6.07) is 6.98. The Morgan fingerprint density at radius 2 is 2.00 bits per heavy atom. The van der Waals surface area contributed by atoms with Gasteiger partial charge in [-0.2, -0.15) is 0 Å². The first-order valence-electron chi connectivity index (χ1n) is 4.79. The second-order valence-electron chi connectivity index (χ2n) is 3.44. The van der Waals surface area contributed by atoms with E-state index in [0.29, 0.717) is 5.02 Å². The van der Waals surface area contributed by atoms with Crippen LogP contribution in [0.4, 0.5) is 4.39 Å². The molecule has 88 valence electrons. The molecule has 2 rings (SSSR count). The molecule has 0 atom stereocenters. The first-order valence-corrected chi connectivity index (χ1v) is 5.54. The van der Waals surface area contributed by atoms with Crippen molar-refractivity contribution >= 4 is 29.0 Å². The van der Waals surface area contributed by atoms with Gasteiger partial charge in [-0.25, -0.2) is 4.39 Å². The lowest BCUT2D eigenvalue weighted by molar-refractivity contribution is 0.0965. The molecule has 2 aromatic rings. The first-order chi connectivity index (χ1) is 8.06. The van der Waals surface area contributed by atoms with Crippen LogP contribution in [-0.4, -0.2) is 5.78 Å². The minimum atomic E-state index is -0.472. The highest BCUT2D eigenvalue weighted by Gasteiger charge is 2.14. The minimum Gasteiger partial charge on any atom is -0.442 e. The van der Waals surface area contributed by atoms with Gasteiger partial charge in [0.15, 0.2) is 11.0 Å². The quantitative estimate of drug-likeness (QED) is 0.786. The van der Waals surface area contributed by atoms with Gasteiger partial charge < -0.3 is 4.42 Å². The fourth-order valence-corrected chi connectivity index (χ4v) is 1.74. The van der Waals surface area contributed by atoms with Crippen LogP contribution in [-0.2, 0) is 6.42 Å². The maximum absolute atomic E-state index is 13.4. The van der Waals surface area contributed by atoms with E-state index >= 15 is 0 Å². The summed E-state index contributed by atoms with van der Waals surface area (Å²) in [6.45, 7) is 0. The fraction of sp³-hybridized carbons (Fsp3) is 0.0833. The van der Waals surface area contributed by atoms with Crippen LogP contribution in [0.25, 0.3) is 0 Å². The highest BCUT2D eigenvalue weighted by atomic mass is 35.5. The third-order valence-electron chi connectivity index (χ3n) is 2.21. The lowest BCUT2D eigenvalue weighted by atomic mass is 10.1. The van der Waals surface area contributed by atoms with Crippen LogP contribution in [0.15, 0.2) is 34.7 Å². The lowest BCUT2D eigenvalue weighted by Gasteiger charge is -2.01. The van der Waals surface area contributed by atoms with Gasteiger partial charge in [-0.3, -0.25) is 4.79 Å². The minimum absolute atomic E-state index is 0.106. The van der Waals surface area contributed by atoms with Gasteiger partial charge in [0.05, 0.1) is 0 Å². The van der Waals surface area contributed by atoms with Crippen molar-refractivity contribution in [2.75, 3.05) is 0 Å². The molecule has 0 aliphatic heterocycles. The number of carbonyl (C=O) groups excluding carboxylic acids is 1. The van der Waals surface area contributed by atoms with Crippen LogP contribution in [0, 0.1) is 5.82 Å². The molecule has 0 fully saturated rings. The Bertz CT molecular complexity index is 563. The number of carbonyl (C=O) groups is 1. The van der Waals surface area contributed by atoms with E-state index in [2.05, 4.69) is 0 Å². The van der Waals surface area contributed by atoms with Gasteiger partial charge in [0.2, 0.25) is 5.78 Å². The summed E-state index contributed by atoms with van der Waals surface area (Å²) in [6.07, 6.45) is -0.115. The van der Waals surface area contributed by atoms with Gasteiger partial charge in [0.1, 0.15) is 5.82 Å². The van der Waals surface area contributed by atoms with Crippen LogP contribution in [0.5, 0.6) is 0 Å². The van der Waals surface area contributed by atoms with E-state index in [9.17, 15) is 9.18 Å². The highest BCUT2D eigenvalue weighted by Crippen LogP contribution is 2.19. The van der Waals surface area contributed by atoms with Crippen molar-refractivity contribution in [2.45, 2.75) is 6.42 Å². The van der Waals surface area contributed by atoms with Crippen LogP contribution in [0.2, 0.25) is 10.2 Å². The summed E-state index contributed by atoms with van der Waals surface area (Å²) in [5, 5.41) is 0.506. The van der Waals surface area contributed by atoms with E-state index in [1.54, 1.807) is 0 Å². The molecule has 1 aromatic heterocycles. The molecular weight excluding hydrogens is 266 g/mol. The molecule has 5 heteroatoms. The Morgan fingerprint density at radius 3 is 2.65 bits per heavy atom. The van der Waals surface area contributed by atoms with Crippen LogP contribution >= 0.6 is 23.2 Å². The number of ketones is 1. The number of benzene rings is 1. The third-order valence-corrected chi connectivity index (χ3v) is 2.65. The molecule has 0 radical (unpaired) electrons.